The summed E-state index contributed by atoms with van der Waals surface area (Å²) in [5.74, 6) is 0. The van der Waals surface area contributed by atoms with Crippen LogP contribution in [0.5, 0.6) is 0 Å². The summed E-state index contributed by atoms with van der Waals surface area (Å²) < 4.78 is 0. The van der Waals surface area contributed by atoms with Crippen molar-refractivity contribution in [3.05, 3.63) is 40.9 Å². The fourth-order valence-electron chi connectivity index (χ4n) is 1.04. The predicted molar refractivity (Wildman–Crippen MR) is 44.6 cm³/mol. The first-order valence-electron chi connectivity index (χ1n) is 3.63. The van der Waals surface area contributed by atoms with Gasteiger partial charge in [0.15, 0.2) is 0 Å². The molecule has 2 nitrogen and oxygen atoms in total. The molecule has 0 aromatic heterocycles. The van der Waals surface area contributed by atoms with Crippen LogP contribution in [0.25, 0.3) is 5.53 Å². The second-order valence-corrected chi connectivity index (χ2v) is 2.30. The van der Waals surface area contributed by atoms with Gasteiger partial charge >= 0.3 is 0 Å². The number of hydrogen-bond donors (Lipinski definition) is 0. The topological polar surface area (TPSA) is 36.4 Å². The van der Waals surface area contributed by atoms with Crippen LogP contribution in [0.1, 0.15) is 18.1 Å². The maximum Gasteiger partial charge on any atom is 0.288 e. The zero-order valence-electron chi connectivity index (χ0n) is 6.49. The third kappa shape index (κ3) is 1.76. The summed E-state index contributed by atoms with van der Waals surface area (Å²) in [6, 6.07) is 7.86. The average Bonchev–Trinajstić information content (AvgIpc) is 2.06. The zero-order valence-corrected chi connectivity index (χ0v) is 6.49. The van der Waals surface area contributed by atoms with Crippen molar-refractivity contribution in [1.29, 1.82) is 0 Å². The molecule has 0 fully saturated rings. The molecule has 0 saturated carbocycles. The smallest absolute Gasteiger partial charge is 0.288 e. The van der Waals surface area contributed by atoms with Gasteiger partial charge in [0.1, 0.15) is 0 Å². The maximum absolute atomic E-state index is 8.31. The highest BCUT2D eigenvalue weighted by molar-refractivity contribution is 5.77. The number of rotatable bonds is 2. The normalized spacial score (nSPS) is 8.82. The summed E-state index contributed by atoms with van der Waals surface area (Å²) in [4.78, 5) is 2.99. The van der Waals surface area contributed by atoms with Gasteiger partial charge in [-0.25, -0.2) is 0 Å². The minimum Gasteiger partial charge on any atom is -0.361 e. The van der Waals surface area contributed by atoms with Gasteiger partial charge in [0.05, 0.1) is 5.56 Å². The SMILES string of the molecule is CCc1ccccc1C=[N+]=[N-]. The number of nitrogens with zero attached hydrogens (tertiary/aromatic N) is 2. The first-order chi connectivity index (χ1) is 5.38. The van der Waals surface area contributed by atoms with E-state index in [2.05, 4.69) is 11.7 Å². The molecule has 0 heterocycles. The molecule has 0 aliphatic heterocycles. The summed E-state index contributed by atoms with van der Waals surface area (Å²) >= 11 is 0. The van der Waals surface area contributed by atoms with E-state index in [0.29, 0.717) is 0 Å². The van der Waals surface area contributed by atoms with E-state index in [9.17, 15) is 0 Å². The van der Waals surface area contributed by atoms with E-state index in [4.69, 9.17) is 5.53 Å². The molecule has 0 amide bonds. The van der Waals surface area contributed by atoms with Gasteiger partial charge in [-0.15, -0.1) is 0 Å². The van der Waals surface area contributed by atoms with E-state index in [0.717, 1.165) is 12.0 Å². The van der Waals surface area contributed by atoms with Crippen molar-refractivity contribution < 1.29 is 4.79 Å². The van der Waals surface area contributed by atoms with Crippen LogP contribution in [0.15, 0.2) is 24.3 Å². The Morgan fingerprint density at radius 3 is 2.82 bits per heavy atom. The summed E-state index contributed by atoms with van der Waals surface area (Å²) in [6.07, 6.45) is 2.42. The van der Waals surface area contributed by atoms with E-state index in [1.807, 2.05) is 24.3 Å². The molecular weight excluding hydrogens is 136 g/mol. The molecule has 1 aromatic rings. The standard InChI is InChI=1S/C9H10N2/c1-2-8-5-3-4-6-9(8)7-11-10/h3-7H,2H2,1H3. The minimum absolute atomic E-state index is 0.961. The Bertz CT molecular complexity index is 285. The Morgan fingerprint density at radius 2 is 2.18 bits per heavy atom. The third-order valence-corrected chi connectivity index (χ3v) is 1.63. The average molecular weight is 146 g/mol. The van der Waals surface area contributed by atoms with Gasteiger partial charge in [0.25, 0.3) is 6.21 Å². The van der Waals surface area contributed by atoms with Crippen LogP contribution in [0, 0.1) is 0 Å². The number of aryl methyl sites for hydroxylation is 1. The predicted octanol–water partition coefficient (Wildman–Crippen LogP) is 1.90. The molecule has 0 aliphatic rings. The molecule has 0 radical (unpaired) electrons. The molecule has 0 unspecified atom stereocenters. The molecule has 11 heavy (non-hydrogen) atoms. The highest BCUT2D eigenvalue weighted by Crippen LogP contribution is 2.05. The van der Waals surface area contributed by atoms with Crippen LogP contribution in [0.4, 0.5) is 0 Å². The van der Waals surface area contributed by atoms with Crippen LogP contribution in [0.3, 0.4) is 0 Å². The lowest BCUT2D eigenvalue weighted by Gasteiger charge is -1.95. The maximum atomic E-state index is 8.31. The van der Waals surface area contributed by atoms with Gasteiger partial charge in [0.2, 0.25) is 0 Å². The summed E-state index contributed by atoms with van der Waals surface area (Å²) in [7, 11) is 0. The zero-order chi connectivity index (χ0) is 8.10. The van der Waals surface area contributed by atoms with Crippen molar-refractivity contribution in [2.75, 3.05) is 0 Å². The lowest BCUT2D eigenvalue weighted by Crippen LogP contribution is -1.89. The molecule has 2 heteroatoms. The number of hydrogen-bond acceptors (Lipinski definition) is 0. The number of benzene rings is 1. The minimum atomic E-state index is 0.961. The van der Waals surface area contributed by atoms with Gasteiger partial charge in [-0.1, -0.05) is 25.1 Å². The molecule has 0 aliphatic carbocycles. The van der Waals surface area contributed by atoms with Crippen molar-refractivity contribution >= 4 is 6.21 Å². The van der Waals surface area contributed by atoms with Gasteiger partial charge in [0, 0.05) is 0 Å². The van der Waals surface area contributed by atoms with E-state index in [1.165, 1.54) is 11.8 Å². The Balaban J connectivity index is 3.11. The lowest BCUT2D eigenvalue weighted by molar-refractivity contribution is 0.00451. The first-order valence-corrected chi connectivity index (χ1v) is 3.63. The summed E-state index contributed by atoms with van der Waals surface area (Å²) in [5.41, 5.74) is 10.5. The van der Waals surface area contributed by atoms with Gasteiger partial charge in [-0.2, -0.15) is 4.79 Å². The molecular formula is C9H10N2. The molecule has 0 saturated heterocycles. The van der Waals surface area contributed by atoms with Crippen molar-refractivity contribution in [1.82, 2.24) is 0 Å². The first kappa shape index (κ1) is 7.70. The van der Waals surface area contributed by atoms with E-state index in [1.54, 1.807) is 0 Å². The van der Waals surface area contributed by atoms with Crippen LogP contribution in [0.2, 0.25) is 0 Å². The summed E-state index contributed by atoms with van der Waals surface area (Å²) in [6.45, 7) is 2.07. The highest BCUT2D eigenvalue weighted by Gasteiger charge is 1.97. The molecule has 0 bridgehead atoms. The Morgan fingerprint density at radius 1 is 1.45 bits per heavy atom. The monoisotopic (exact) mass is 146 g/mol. The van der Waals surface area contributed by atoms with Crippen LogP contribution in [-0.4, -0.2) is 11.0 Å². The van der Waals surface area contributed by atoms with Crippen molar-refractivity contribution in [3.63, 3.8) is 0 Å². The van der Waals surface area contributed by atoms with Crippen LogP contribution >= 0.6 is 0 Å². The Labute approximate surface area is 66.1 Å². The van der Waals surface area contributed by atoms with Gasteiger partial charge < -0.3 is 5.53 Å². The van der Waals surface area contributed by atoms with Crippen molar-refractivity contribution in [2.45, 2.75) is 13.3 Å². The van der Waals surface area contributed by atoms with E-state index < -0.39 is 0 Å². The fraction of sp³-hybridized carbons (Fsp3) is 0.222. The largest absolute Gasteiger partial charge is 0.361 e. The summed E-state index contributed by atoms with van der Waals surface area (Å²) in [5, 5.41) is 0. The Hall–Kier alpha value is -1.40. The van der Waals surface area contributed by atoms with Crippen LogP contribution in [-0.2, 0) is 6.42 Å². The Kier molecular flexibility index (Phi) is 2.59. The van der Waals surface area contributed by atoms with E-state index in [-0.39, 0.29) is 0 Å². The highest BCUT2D eigenvalue weighted by atomic mass is 14.8. The molecule has 1 aromatic carbocycles. The molecule has 56 valence electrons. The quantitative estimate of drug-likeness (QED) is 0.347. The fourth-order valence-corrected chi connectivity index (χ4v) is 1.04. The molecule has 0 spiro atoms. The second kappa shape index (κ2) is 3.69. The third-order valence-electron chi connectivity index (χ3n) is 1.63. The van der Waals surface area contributed by atoms with Gasteiger partial charge in [-0.3, -0.25) is 0 Å². The molecule has 0 N–H and O–H groups in total. The molecule has 1 rings (SSSR count). The lowest BCUT2D eigenvalue weighted by atomic mass is 10.1. The van der Waals surface area contributed by atoms with Crippen molar-refractivity contribution in [2.24, 2.45) is 0 Å². The van der Waals surface area contributed by atoms with E-state index >= 15 is 0 Å². The van der Waals surface area contributed by atoms with Crippen LogP contribution < -0.4 is 0 Å². The second-order valence-electron chi connectivity index (χ2n) is 2.30. The van der Waals surface area contributed by atoms with Crippen molar-refractivity contribution in [3.8, 4) is 0 Å². The van der Waals surface area contributed by atoms with Gasteiger partial charge in [-0.05, 0) is 18.1 Å². The molecule has 0 atom stereocenters.